The van der Waals surface area contributed by atoms with Crippen LogP contribution < -0.4 is 5.73 Å². The summed E-state index contributed by atoms with van der Waals surface area (Å²) < 4.78 is 2.33. The van der Waals surface area contributed by atoms with Crippen LogP contribution in [0.4, 0.5) is 5.69 Å². The summed E-state index contributed by atoms with van der Waals surface area (Å²) in [7, 11) is 0. The van der Waals surface area contributed by atoms with Gasteiger partial charge in [-0.3, -0.25) is 0 Å². The molecule has 0 unspecified atom stereocenters. The van der Waals surface area contributed by atoms with Gasteiger partial charge in [-0.05, 0) is 24.5 Å². The average molecular weight is 245 g/mol. The minimum atomic E-state index is 0.420. The number of fused-ring (bicyclic) bond motifs is 1. The lowest BCUT2D eigenvalue weighted by atomic mass is 10.1. The largest absolute Gasteiger partial charge is 0.397 e. The van der Waals surface area contributed by atoms with E-state index in [1.54, 1.807) is 0 Å². The molecule has 0 fully saturated rings. The maximum Gasteiger partial charge on any atom is 0.112 e. The number of hydrogen-bond acceptors (Lipinski definition) is 2. The zero-order chi connectivity index (χ0) is 13.3. The Kier molecular flexibility index (Phi) is 3.60. The summed E-state index contributed by atoms with van der Waals surface area (Å²) in [4.78, 5) is 4.73. The third kappa shape index (κ3) is 2.35. The van der Waals surface area contributed by atoms with Crippen molar-refractivity contribution in [3.63, 3.8) is 0 Å². The number of aromatic nitrogens is 2. The monoisotopic (exact) mass is 245 g/mol. The van der Waals surface area contributed by atoms with E-state index in [0.717, 1.165) is 23.6 Å². The van der Waals surface area contributed by atoms with Gasteiger partial charge in [-0.25, -0.2) is 4.98 Å². The van der Waals surface area contributed by atoms with Crippen LogP contribution in [0.25, 0.3) is 11.0 Å². The van der Waals surface area contributed by atoms with E-state index in [4.69, 9.17) is 10.7 Å². The molecule has 0 amide bonds. The molecule has 2 rings (SSSR count). The van der Waals surface area contributed by atoms with Crippen LogP contribution in [0.1, 0.15) is 45.9 Å². The molecule has 18 heavy (non-hydrogen) atoms. The molecule has 2 N–H and O–H groups in total. The number of imidazole rings is 1. The summed E-state index contributed by atoms with van der Waals surface area (Å²) in [5, 5.41) is 0. The van der Waals surface area contributed by atoms with E-state index in [-0.39, 0.29) is 0 Å². The molecule has 0 spiro atoms. The van der Waals surface area contributed by atoms with Gasteiger partial charge < -0.3 is 10.3 Å². The van der Waals surface area contributed by atoms with Gasteiger partial charge in [0.2, 0.25) is 0 Å². The Balaban J connectivity index is 2.52. The first-order valence-corrected chi connectivity index (χ1v) is 6.75. The Morgan fingerprint density at radius 3 is 2.56 bits per heavy atom. The fourth-order valence-corrected chi connectivity index (χ4v) is 2.25. The Morgan fingerprint density at radius 1 is 1.22 bits per heavy atom. The molecule has 1 aromatic carbocycles. The van der Waals surface area contributed by atoms with Gasteiger partial charge in [-0.2, -0.15) is 0 Å². The van der Waals surface area contributed by atoms with Crippen molar-refractivity contribution in [3.05, 3.63) is 24.0 Å². The molecule has 3 heteroatoms. The van der Waals surface area contributed by atoms with Crippen molar-refractivity contribution < 1.29 is 0 Å². The highest BCUT2D eigenvalue weighted by Gasteiger charge is 2.15. The van der Waals surface area contributed by atoms with Crippen LogP contribution in [-0.2, 0) is 6.54 Å². The standard InChI is InChI=1S/C15H23N3/c1-10(2)8-9-18-13-7-5-6-12(16)14(13)17-15(18)11(3)4/h5-7,10-11H,8-9,16H2,1-4H3. The Morgan fingerprint density at radius 2 is 1.94 bits per heavy atom. The fraction of sp³-hybridized carbons (Fsp3) is 0.533. The first-order valence-electron chi connectivity index (χ1n) is 6.75. The van der Waals surface area contributed by atoms with Crippen LogP contribution in [0.2, 0.25) is 0 Å². The van der Waals surface area contributed by atoms with Gasteiger partial charge in [0.1, 0.15) is 11.3 Å². The van der Waals surface area contributed by atoms with Gasteiger partial charge in [0.15, 0.2) is 0 Å². The number of para-hydroxylation sites is 1. The zero-order valence-corrected chi connectivity index (χ0v) is 11.8. The van der Waals surface area contributed by atoms with Crippen LogP contribution in [0.3, 0.4) is 0 Å². The minimum absolute atomic E-state index is 0.420. The van der Waals surface area contributed by atoms with Crippen molar-refractivity contribution in [2.24, 2.45) is 5.92 Å². The molecule has 0 aliphatic rings. The van der Waals surface area contributed by atoms with Gasteiger partial charge in [0.25, 0.3) is 0 Å². The molecule has 1 heterocycles. The molecule has 1 aromatic heterocycles. The number of nitrogens with zero attached hydrogens (tertiary/aromatic N) is 2. The Hall–Kier alpha value is -1.51. The lowest BCUT2D eigenvalue weighted by Crippen LogP contribution is -2.07. The van der Waals surface area contributed by atoms with E-state index < -0.39 is 0 Å². The summed E-state index contributed by atoms with van der Waals surface area (Å²) in [6.07, 6.45) is 1.17. The van der Waals surface area contributed by atoms with Crippen molar-refractivity contribution in [3.8, 4) is 0 Å². The number of anilines is 1. The van der Waals surface area contributed by atoms with Crippen LogP contribution in [-0.4, -0.2) is 9.55 Å². The molecular weight excluding hydrogens is 222 g/mol. The molecule has 0 bridgehead atoms. The van der Waals surface area contributed by atoms with E-state index >= 15 is 0 Å². The van der Waals surface area contributed by atoms with Gasteiger partial charge in [0.05, 0.1) is 11.2 Å². The third-order valence-corrected chi connectivity index (χ3v) is 3.29. The van der Waals surface area contributed by atoms with E-state index in [1.165, 1.54) is 11.9 Å². The normalized spacial score (nSPS) is 11.9. The third-order valence-electron chi connectivity index (χ3n) is 3.29. The van der Waals surface area contributed by atoms with Crippen molar-refractivity contribution in [1.29, 1.82) is 0 Å². The summed E-state index contributed by atoms with van der Waals surface area (Å²) >= 11 is 0. The zero-order valence-electron chi connectivity index (χ0n) is 11.8. The molecule has 0 saturated heterocycles. The SMILES string of the molecule is CC(C)CCn1c(C(C)C)nc2c(N)cccc21. The molecule has 0 saturated carbocycles. The van der Waals surface area contributed by atoms with Crippen molar-refractivity contribution >= 4 is 16.7 Å². The maximum absolute atomic E-state index is 6.02. The second-order valence-electron chi connectivity index (χ2n) is 5.67. The first-order chi connectivity index (χ1) is 8.50. The van der Waals surface area contributed by atoms with Gasteiger partial charge in [-0.1, -0.05) is 33.8 Å². The summed E-state index contributed by atoms with van der Waals surface area (Å²) in [6, 6.07) is 6.05. The number of hydrogen-bond donors (Lipinski definition) is 1. The maximum atomic E-state index is 6.02. The van der Waals surface area contributed by atoms with Gasteiger partial charge in [0, 0.05) is 12.5 Å². The van der Waals surface area contributed by atoms with E-state index in [9.17, 15) is 0 Å². The van der Waals surface area contributed by atoms with Crippen LogP contribution >= 0.6 is 0 Å². The lowest BCUT2D eigenvalue weighted by Gasteiger charge is -2.12. The van der Waals surface area contributed by atoms with Crippen LogP contribution in [0.15, 0.2) is 18.2 Å². The average Bonchev–Trinajstić information content (AvgIpc) is 2.66. The summed E-state index contributed by atoms with van der Waals surface area (Å²) in [6.45, 7) is 9.89. The highest BCUT2D eigenvalue weighted by atomic mass is 15.1. The highest BCUT2D eigenvalue weighted by molar-refractivity contribution is 5.87. The van der Waals surface area contributed by atoms with Crippen LogP contribution in [0, 0.1) is 5.92 Å². The van der Waals surface area contributed by atoms with Crippen molar-refractivity contribution in [2.45, 2.75) is 46.6 Å². The minimum Gasteiger partial charge on any atom is -0.397 e. The molecule has 2 aromatic rings. The van der Waals surface area contributed by atoms with Gasteiger partial charge >= 0.3 is 0 Å². The molecule has 0 radical (unpaired) electrons. The first kappa shape index (κ1) is 12.9. The molecule has 98 valence electrons. The van der Waals surface area contributed by atoms with E-state index in [1.807, 2.05) is 12.1 Å². The Labute approximate surface area is 109 Å². The number of benzene rings is 1. The topological polar surface area (TPSA) is 43.8 Å². The van der Waals surface area contributed by atoms with Crippen molar-refractivity contribution in [2.75, 3.05) is 5.73 Å². The van der Waals surface area contributed by atoms with Gasteiger partial charge in [-0.15, -0.1) is 0 Å². The quantitative estimate of drug-likeness (QED) is 0.833. The van der Waals surface area contributed by atoms with Crippen molar-refractivity contribution in [1.82, 2.24) is 9.55 Å². The number of nitrogens with two attached hydrogens (primary N) is 1. The van der Waals surface area contributed by atoms with E-state index in [2.05, 4.69) is 38.3 Å². The predicted molar refractivity (Wildman–Crippen MR) is 77.7 cm³/mol. The number of rotatable bonds is 4. The number of nitrogen functional groups attached to an aromatic ring is 1. The molecule has 0 aliphatic heterocycles. The summed E-state index contributed by atoms with van der Waals surface area (Å²) in [5.41, 5.74) is 8.91. The summed E-state index contributed by atoms with van der Waals surface area (Å²) in [5.74, 6) is 2.26. The van der Waals surface area contributed by atoms with Crippen LogP contribution in [0.5, 0.6) is 0 Å². The fourth-order valence-electron chi connectivity index (χ4n) is 2.25. The second-order valence-corrected chi connectivity index (χ2v) is 5.67. The highest BCUT2D eigenvalue weighted by Crippen LogP contribution is 2.26. The Bertz CT molecular complexity index is 538. The molecular formula is C15H23N3. The number of aryl methyl sites for hydroxylation is 1. The predicted octanol–water partition coefficient (Wildman–Crippen LogP) is 3.79. The lowest BCUT2D eigenvalue weighted by molar-refractivity contribution is 0.506. The molecule has 0 aliphatic carbocycles. The molecule has 3 nitrogen and oxygen atoms in total. The second kappa shape index (κ2) is 5.01. The smallest absolute Gasteiger partial charge is 0.112 e. The van der Waals surface area contributed by atoms with E-state index in [0.29, 0.717) is 11.8 Å². The molecule has 0 atom stereocenters.